The van der Waals surface area contributed by atoms with Crippen LogP contribution in [0.3, 0.4) is 0 Å². The van der Waals surface area contributed by atoms with Gasteiger partial charge < -0.3 is 5.32 Å². The minimum Gasteiger partial charge on any atom is -0.302 e. The van der Waals surface area contributed by atoms with Gasteiger partial charge in [0.2, 0.25) is 5.91 Å². The molecule has 0 atom stereocenters. The summed E-state index contributed by atoms with van der Waals surface area (Å²) in [6, 6.07) is 10.5. The van der Waals surface area contributed by atoms with Gasteiger partial charge in [0.15, 0.2) is 5.13 Å². The molecule has 1 aliphatic rings. The van der Waals surface area contributed by atoms with Gasteiger partial charge in [0.05, 0.1) is 16.2 Å². The average molecular weight is 494 g/mol. The SMILES string of the molecule is N#Cc1cc2c(nc1SCCC(=O)Nc1nc(-c3cccc([N+](=O)[O-])c3)cs1)CCCCCC2. The first-order valence-electron chi connectivity index (χ1n) is 11.1. The number of hydrogen-bond donors (Lipinski definition) is 1. The van der Waals surface area contributed by atoms with E-state index < -0.39 is 4.92 Å². The number of nitrogens with one attached hydrogen (secondary N) is 1. The first-order valence-corrected chi connectivity index (χ1v) is 13.0. The predicted octanol–water partition coefficient (Wildman–Crippen LogP) is 5.76. The summed E-state index contributed by atoms with van der Waals surface area (Å²) in [5, 5.41) is 26.2. The highest BCUT2D eigenvalue weighted by Gasteiger charge is 2.15. The van der Waals surface area contributed by atoms with Crippen LogP contribution < -0.4 is 5.32 Å². The highest BCUT2D eigenvalue weighted by Crippen LogP contribution is 2.29. The number of pyridine rings is 1. The summed E-state index contributed by atoms with van der Waals surface area (Å²) in [5.74, 6) is 0.312. The smallest absolute Gasteiger partial charge is 0.270 e. The van der Waals surface area contributed by atoms with Gasteiger partial charge in [0.25, 0.3) is 5.69 Å². The molecule has 174 valence electrons. The van der Waals surface area contributed by atoms with E-state index in [-0.39, 0.29) is 18.0 Å². The van der Waals surface area contributed by atoms with Gasteiger partial charge in [-0.1, -0.05) is 25.0 Å². The molecule has 0 saturated carbocycles. The van der Waals surface area contributed by atoms with Crippen molar-refractivity contribution in [3.63, 3.8) is 0 Å². The monoisotopic (exact) mass is 493 g/mol. The summed E-state index contributed by atoms with van der Waals surface area (Å²) < 4.78 is 0. The molecule has 34 heavy (non-hydrogen) atoms. The molecule has 0 aliphatic heterocycles. The van der Waals surface area contributed by atoms with E-state index in [9.17, 15) is 20.2 Å². The van der Waals surface area contributed by atoms with Crippen LogP contribution in [0.1, 0.15) is 48.9 Å². The molecule has 3 aromatic rings. The van der Waals surface area contributed by atoms with E-state index in [0.29, 0.717) is 32.7 Å². The molecule has 1 N–H and O–H groups in total. The van der Waals surface area contributed by atoms with Gasteiger partial charge in [0.1, 0.15) is 11.1 Å². The van der Waals surface area contributed by atoms with E-state index in [1.165, 1.54) is 53.6 Å². The third-order valence-electron chi connectivity index (χ3n) is 5.56. The van der Waals surface area contributed by atoms with Gasteiger partial charge in [-0.25, -0.2) is 9.97 Å². The molecule has 0 saturated heterocycles. The normalized spacial score (nSPS) is 13.3. The minimum absolute atomic E-state index is 0.00758. The molecule has 0 bridgehead atoms. The Kier molecular flexibility index (Phi) is 7.87. The predicted molar refractivity (Wildman–Crippen MR) is 133 cm³/mol. The number of thioether (sulfide) groups is 1. The van der Waals surface area contributed by atoms with Crippen molar-refractivity contribution in [3.8, 4) is 17.3 Å². The van der Waals surface area contributed by atoms with E-state index in [4.69, 9.17) is 4.98 Å². The molecule has 2 heterocycles. The molecule has 1 aromatic carbocycles. The Morgan fingerprint density at radius 2 is 2.03 bits per heavy atom. The number of aromatic nitrogens is 2. The van der Waals surface area contributed by atoms with Crippen LogP contribution in [0.5, 0.6) is 0 Å². The Hall–Kier alpha value is -3.29. The molecule has 1 amide bonds. The lowest BCUT2D eigenvalue weighted by Crippen LogP contribution is -2.12. The number of carbonyl (C=O) groups is 1. The molecular formula is C24H23N5O3S2. The van der Waals surface area contributed by atoms with Crippen LogP contribution in [-0.4, -0.2) is 26.6 Å². The second-order valence-corrected chi connectivity index (χ2v) is 9.91. The summed E-state index contributed by atoms with van der Waals surface area (Å²) in [6.07, 6.45) is 6.83. The number of benzene rings is 1. The lowest BCUT2D eigenvalue weighted by molar-refractivity contribution is -0.384. The molecular weight excluding hydrogens is 470 g/mol. The van der Waals surface area contributed by atoms with Gasteiger partial charge in [0, 0.05) is 40.9 Å². The summed E-state index contributed by atoms with van der Waals surface area (Å²) in [4.78, 5) is 32.1. The zero-order valence-corrected chi connectivity index (χ0v) is 20.1. The van der Waals surface area contributed by atoms with Crippen LogP contribution in [0.2, 0.25) is 0 Å². The highest BCUT2D eigenvalue weighted by atomic mass is 32.2. The molecule has 0 unspecified atom stereocenters. The zero-order valence-electron chi connectivity index (χ0n) is 18.5. The number of nitriles is 1. The molecule has 1 aliphatic carbocycles. The second kappa shape index (κ2) is 11.2. The number of fused-ring (bicyclic) bond motifs is 1. The number of aryl methyl sites for hydroxylation is 2. The minimum atomic E-state index is -0.450. The third-order valence-corrected chi connectivity index (χ3v) is 7.31. The molecule has 0 spiro atoms. The van der Waals surface area contributed by atoms with Crippen molar-refractivity contribution in [2.75, 3.05) is 11.1 Å². The number of nitrogens with zero attached hydrogens (tertiary/aromatic N) is 4. The van der Waals surface area contributed by atoms with Crippen LogP contribution in [0, 0.1) is 21.4 Å². The van der Waals surface area contributed by atoms with E-state index >= 15 is 0 Å². The first-order chi connectivity index (χ1) is 16.5. The van der Waals surface area contributed by atoms with E-state index in [0.717, 1.165) is 31.4 Å². The highest BCUT2D eigenvalue weighted by molar-refractivity contribution is 7.99. The fourth-order valence-electron chi connectivity index (χ4n) is 3.82. The maximum atomic E-state index is 12.4. The Balaban J connectivity index is 1.34. The van der Waals surface area contributed by atoms with E-state index in [2.05, 4.69) is 16.4 Å². The van der Waals surface area contributed by atoms with Crippen LogP contribution in [0.4, 0.5) is 10.8 Å². The Bertz CT molecular complexity index is 1250. The van der Waals surface area contributed by atoms with Crippen molar-refractivity contribution in [1.29, 1.82) is 5.26 Å². The quantitative estimate of drug-likeness (QED) is 0.252. The maximum Gasteiger partial charge on any atom is 0.270 e. The fourth-order valence-corrected chi connectivity index (χ4v) is 5.47. The Morgan fingerprint density at radius 1 is 1.21 bits per heavy atom. The van der Waals surface area contributed by atoms with Crippen LogP contribution in [-0.2, 0) is 17.6 Å². The Morgan fingerprint density at radius 3 is 2.82 bits per heavy atom. The van der Waals surface area contributed by atoms with Gasteiger partial charge in [-0.2, -0.15) is 5.26 Å². The molecule has 10 heteroatoms. The topological polar surface area (TPSA) is 122 Å². The zero-order chi connectivity index (χ0) is 23.9. The number of hydrogen-bond acceptors (Lipinski definition) is 8. The standard InChI is InChI=1S/C24H23N5O3S2/c25-14-18-12-16-6-3-1-2-4-9-20(16)26-23(18)33-11-10-22(30)28-24-27-21(15-34-24)17-7-5-8-19(13-17)29(31)32/h5,7-8,12-13,15H,1-4,6,9-11H2,(H,27,28,30). The number of amides is 1. The van der Waals surface area contributed by atoms with Gasteiger partial charge in [-0.15, -0.1) is 23.1 Å². The van der Waals surface area contributed by atoms with Crippen molar-refractivity contribution in [2.24, 2.45) is 0 Å². The number of non-ortho nitro benzene ring substituents is 1. The molecule has 4 rings (SSSR count). The van der Waals surface area contributed by atoms with Crippen LogP contribution >= 0.6 is 23.1 Å². The molecule has 2 aromatic heterocycles. The third kappa shape index (κ3) is 5.98. The summed E-state index contributed by atoms with van der Waals surface area (Å²) in [7, 11) is 0. The number of rotatable bonds is 7. The van der Waals surface area contributed by atoms with Crippen molar-refractivity contribution in [2.45, 2.75) is 50.0 Å². The summed E-state index contributed by atoms with van der Waals surface area (Å²) >= 11 is 2.69. The van der Waals surface area contributed by atoms with Crippen molar-refractivity contribution in [1.82, 2.24) is 9.97 Å². The van der Waals surface area contributed by atoms with E-state index in [1.54, 1.807) is 17.5 Å². The van der Waals surface area contributed by atoms with Crippen LogP contribution in [0.15, 0.2) is 40.7 Å². The van der Waals surface area contributed by atoms with Gasteiger partial charge >= 0.3 is 0 Å². The first kappa shape index (κ1) is 23.9. The number of thiazole rings is 1. The maximum absolute atomic E-state index is 12.4. The number of nitro benzene ring substituents is 1. The van der Waals surface area contributed by atoms with Gasteiger partial charge in [-0.3, -0.25) is 14.9 Å². The number of nitro groups is 1. The van der Waals surface area contributed by atoms with Crippen molar-refractivity contribution < 1.29 is 9.72 Å². The lowest BCUT2D eigenvalue weighted by Gasteiger charge is -2.15. The molecule has 8 nitrogen and oxygen atoms in total. The number of anilines is 1. The van der Waals surface area contributed by atoms with Crippen molar-refractivity contribution >= 4 is 39.8 Å². The fraction of sp³-hybridized carbons (Fsp3) is 0.333. The summed E-state index contributed by atoms with van der Waals surface area (Å²) in [6.45, 7) is 0. The lowest BCUT2D eigenvalue weighted by atomic mass is 9.96. The largest absolute Gasteiger partial charge is 0.302 e. The Labute approximate surface area is 205 Å². The van der Waals surface area contributed by atoms with Crippen molar-refractivity contribution in [3.05, 3.63) is 62.6 Å². The average Bonchev–Trinajstić information content (AvgIpc) is 3.28. The van der Waals surface area contributed by atoms with Crippen LogP contribution in [0.25, 0.3) is 11.3 Å². The molecule has 0 fully saturated rings. The molecule has 0 radical (unpaired) electrons. The second-order valence-electron chi connectivity index (χ2n) is 7.96. The van der Waals surface area contributed by atoms with Gasteiger partial charge in [-0.05, 0) is 37.3 Å². The number of carbonyl (C=O) groups excluding carboxylic acids is 1. The van der Waals surface area contributed by atoms with E-state index in [1.807, 2.05) is 6.07 Å². The summed E-state index contributed by atoms with van der Waals surface area (Å²) in [5.41, 5.74) is 4.03.